The zero-order valence-electron chi connectivity index (χ0n) is 10.8. The summed E-state index contributed by atoms with van der Waals surface area (Å²) in [6, 6.07) is 11.9. The molecule has 2 nitrogen and oxygen atoms in total. The normalized spacial score (nSPS) is 13.0. The third kappa shape index (κ3) is 1.33. The first-order valence-corrected chi connectivity index (χ1v) is 6.74. The van der Waals surface area contributed by atoms with Crippen molar-refractivity contribution in [1.82, 2.24) is 0 Å². The van der Waals surface area contributed by atoms with Gasteiger partial charge in [0.1, 0.15) is 6.29 Å². The van der Waals surface area contributed by atoms with Gasteiger partial charge in [-0.05, 0) is 45.5 Å². The molecule has 1 aliphatic rings. The van der Waals surface area contributed by atoms with E-state index in [4.69, 9.17) is 0 Å². The largest absolute Gasteiger partial charge is 0.298 e. The van der Waals surface area contributed by atoms with Crippen molar-refractivity contribution in [3.8, 4) is 0 Å². The lowest BCUT2D eigenvalue weighted by Crippen LogP contribution is -2.05. The standard InChI is InChI=1S/C18H12O2/c19-9-13-3-1-11-5-7-16-14(10-20)4-2-12-6-8-15(13)17(11)18(12)16/h1-5,7,9-10H,6,8H2. The second-order valence-electron chi connectivity index (χ2n) is 5.27. The fourth-order valence-corrected chi connectivity index (χ4v) is 3.40. The Balaban J connectivity index is 2.32. The van der Waals surface area contributed by atoms with Gasteiger partial charge < -0.3 is 0 Å². The van der Waals surface area contributed by atoms with E-state index in [9.17, 15) is 9.59 Å². The number of carbonyl (C=O) groups excluding carboxylic acids is 2. The number of aldehydes is 2. The minimum absolute atomic E-state index is 0.718. The van der Waals surface area contributed by atoms with Gasteiger partial charge in [0.15, 0.2) is 6.29 Å². The van der Waals surface area contributed by atoms with Gasteiger partial charge >= 0.3 is 0 Å². The Morgan fingerprint density at radius 2 is 1.50 bits per heavy atom. The Bertz CT molecular complexity index is 891. The first-order chi connectivity index (χ1) is 9.83. The number of hydrogen-bond donors (Lipinski definition) is 0. The van der Waals surface area contributed by atoms with E-state index in [2.05, 4.69) is 0 Å². The molecule has 2 heteroatoms. The highest BCUT2D eigenvalue weighted by atomic mass is 16.1. The molecule has 0 saturated heterocycles. The van der Waals surface area contributed by atoms with Crippen molar-refractivity contribution < 1.29 is 9.59 Å². The van der Waals surface area contributed by atoms with E-state index in [1.165, 1.54) is 5.56 Å². The van der Waals surface area contributed by atoms with Crippen molar-refractivity contribution in [3.05, 3.63) is 58.7 Å². The molecule has 0 radical (unpaired) electrons. The van der Waals surface area contributed by atoms with E-state index in [-0.39, 0.29) is 0 Å². The van der Waals surface area contributed by atoms with Crippen LogP contribution in [0.2, 0.25) is 0 Å². The molecule has 20 heavy (non-hydrogen) atoms. The molecule has 1 aliphatic carbocycles. The fraction of sp³-hybridized carbons (Fsp3) is 0.111. The zero-order valence-corrected chi connectivity index (χ0v) is 10.8. The van der Waals surface area contributed by atoms with Crippen molar-refractivity contribution in [2.75, 3.05) is 0 Å². The van der Waals surface area contributed by atoms with Crippen molar-refractivity contribution in [3.63, 3.8) is 0 Å². The molecule has 0 saturated carbocycles. The van der Waals surface area contributed by atoms with Crippen LogP contribution in [0.25, 0.3) is 21.5 Å². The van der Waals surface area contributed by atoms with Crippen LogP contribution in [0.15, 0.2) is 36.4 Å². The van der Waals surface area contributed by atoms with Gasteiger partial charge in [-0.2, -0.15) is 0 Å². The van der Waals surface area contributed by atoms with E-state index >= 15 is 0 Å². The van der Waals surface area contributed by atoms with E-state index in [0.717, 1.165) is 63.6 Å². The monoisotopic (exact) mass is 260 g/mol. The average molecular weight is 260 g/mol. The summed E-state index contributed by atoms with van der Waals surface area (Å²) in [5.74, 6) is 0. The second kappa shape index (κ2) is 4.01. The number of aryl methyl sites for hydroxylation is 2. The molecule has 0 fully saturated rings. The number of benzene rings is 3. The lowest BCUT2D eigenvalue weighted by molar-refractivity contribution is 0.111. The van der Waals surface area contributed by atoms with Crippen molar-refractivity contribution in [2.24, 2.45) is 0 Å². The maximum Gasteiger partial charge on any atom is 0.150 e. The van der Waals surface area contributed by atoms with Crippen LogP contribution in [0.1, 0.15) is 31.8 Å². The van der Waals surface area contributed by atoms with Gasteiger partial charge in [-0.1, -0.05) is 36.4 Å². The summed E-state index contributed by atoms with van der Waals surface area (Å²) in [6.45, 7) is 0. The van der Waals surface area contributed by atoms with Crippen LogP contribution in [0.3, 0.4) is 0 Å². The maximum absolute atomic E-state index is 11.3. The summed E-state index contributed by atoms with van der Waals surface area (Å²) in [5.41, 5.74) is 3.88. The molecule has 0 unspecified atom stereocenters. The quantitative estimate of drug-likeness (QED) is 0.520. The SMILES string of the molecule is O=Cc1ccc2ccc3c(C=O)ccc4c3c2c1CC4. The average Bonchev–Trinajstić information content (AvgIpc) is 2.52. The Morgan fingerprint density at radius 1 is 0.750 bits per heavy atom. The van der Waals surface area contributed by atoms with Crippen molar-refractivity contribution in [1.29, 1.82) is 0 Å². The minimum Gasteiger partial charge on any atom is -0.298 e. The molecule has 3 aromatic rings. The second-order valence-corrected chi connectivity index (χ2v) is 5.27. The molecule has 0 aliphatic heterocycles. The predicted octanol–water partition coefficient (Wildman–Crippen LogP) is 3.72. The predicted molar refractivity (Wildman–Crippen MR) is 79.6 cm³/mol. The highest BCUT2D eigenvalue weighted by Gasteiger charge is 2.18. The highest BCUT2D eigenvalue weighted by molar-refractivity contribution is 6.16. The first-order valence-electron chi connectivity index (χ1n) is 6.74. The number of rotatable bonds is 2. The summed E-state index contributed by atoms with van der Waals surface area (Å²) in [6.07, 6.45) is 3.65. The Labute approximate surface area is 116 Å². The van der Waals surface area contributed by atoms with Gasteiger partial charge in [0, 0.05) is 11.1 Å². The van der Waals surface area contributed by atoms with Gasteiger partial charge in [-0.3, -0.25) is 9.59 Å². The third-order valence-corrected chi connectivity index (χ3v) is 4.32. The first kappa shape index (κ1) is 11.4. The van der Waals surface area contributed by atoms with Crippen LogP contribution in [0, 0.1) is 0 Å². The fourth-order valence-electron chi connectivity index (χ4n) is 3.40. The molecule has 0 heterocycles. The van der Waals surface area contributed by atoms with Gasteiger partial charge in [0.25, 0.3) is 0 Å². The van der Waals surface area contributed by atoms with E-state index in [0.29, 0.717) is 0 Å². The van der Waals surface area contributed by atoms with Gasteiger partial charge in [0.2, 0.25) is 0 Å². The summed E-state index contributed by atoms with van der Waals surface area (Å²) in [4.78, 5) is 22.5. The van der Waals surface area contributed by atoms with Crippen molar-refractivity contribution in [2.45, 2.75) is 12.8 Å². The molecule has 3 aromatic carbocycles. The topological polar surface area (TPSA) is 34.1 Å². The molecule has 0 atom stereocenters. The highest BCUT2D eigenvalue weighted by Crippen LogP contribution is 2.37. The molecule has 0 bridgehead atoms. The van der Waals surface area contributed by atoms with Crippen LogP contribution in [-0.2, 0) is 12.8 Å². The lowest BCUT2D eigenvalue weighted by Gasteiger charge is -2.20. The van der Waals surface area contributed by atoms with Gasteiger partial charge in [-0.15, -0.1) is 0 Å². The van der Waals surface area contributed by atoms with Gasteiger partial charge in [0.05, 0.1) is 0 Å². The van der Waals surface area contributed by atoms with Crippen LogP contribution >= 0.6 is 0 Å². The summed E-state index contributed by atoms with van der Waals surface area (Å²) in [7, 11) is 0. The lowest BCUT2D eigenvalue weighted by atomic mass is 9.83. The van der Waals surface area contributed by atoms with E-state index < -0.39 is 0 Å². The molecular weight excluding hydrogens is 248 g/mol. The van der Waals surface area contributed by atoms with Crippen molar-refractivity contribution >= 4 is 34.1 Å². The zero-order chi connectivity index (χ0) is 13.7. The Hall–Kier alpha value is -2.48. The third-order valence-electron chi connectivity index (χ3n) is 4.32. The summed E-state index contributed by atoms with van der Waals surface area (Å²) in [5, 5.41) is 4.44. The van der Waals surface area contributed by atoms with Crippen LogP contribution in [-0.4, -0.2) is 12.6 Å². The Morgan fingerprint density at radius 3 is 2.30 bits per heavy atom. The summed E-state index contributed by atoms with van der Waals surface area (Å²) < 4.78 is 0. The molecular formula is C18H12O2. The maximum atomic E-state index is 11.3. The minimum atomic E-state index is 0.718. The molecule has 0 aromatic heterocycles. The summed E-state index contributed by atoms with van der Waals surface area (Å²) >= 11 is 0. The van der Waals surface area contributed by atoms with Crippen LogP contribution in [0.5, 0.6) is 0 Å². The molecule has 96 valence electrons. The van der Waals surface area contributed by atoms with Crippen LogP contribution < -0.4 is 0 Å². The van der Waals surface area contributed by atoms with E-state index in [1.807, 2.05) is 36.4 Å². The van der Waals surface area contributed by atoms with Gasteiger partial charge in [-0.25, -0.2) is 0 Å². The molecule has 4 rings (SSSR count). The molecule has 0 N–H and O–H groups in total. The molecule has 0 amide bonds. The molecule has 0 spiro atoms. The number of carbonyl (C=O) groups is 2. The number of hydrogen-bond acceptors (Lipinski definition) is 2. The smallest absolute Gasteiger partial charge is 0.150 e. The van der Waals surface area contributed by atoms with Crippen LogP contribution in [0.4, 0.5) is 0 Å². The Kier molecular flexibility index (Phi) is 2.27. The van der Waals surface area contributed by atoms with E-state index in [1.54, 1.807) is 0 Å².